The molecule has 0 spiro atoms. The third kappa shape index (κ3) is 5.30. The molecule has 6 nitrogen and oxygen atoms in total. The van der Waals surface area contributed by atoms with Gasteiger partial charge in [0.15, 0.2) is 0 Å². The van der Waals surface area contributed by atoms with Gasteiger partial charge in [-0.05, 0) is 38.3 Å². The summed E-state index contributed by atoms with van der Waals surface area (Å²) < 4.78 is 5.81. The number of piperidine rings is 1. The van der Waals surface area contributed by atoms with E-state index in [4.69, 9.17) is 10.5 Å². The summed E-state index contributed by atoms with van der Waals surface area (Å²) >= 11 is 0. The van der Waals surface area contributed by atoms with E-state index in [1.54, 1.807) is 0 Å². The first-order chi connectivity index (χ1) is 13.1. The Morgan fingerprint density at radius 1 is 1.22 bits per heavy atom. The van der Waals surface area contributed by atoms with E-state index in [9.17, 15) is 9.59 Å². The number of nitrogens with zero attached hydrogens (tertiary/aromatic N) is 2. The number of nitrogens with two attached hydrogens (primary N) is 1. The minimum Gasteiger partial charge on any atom is -0.378 e. The van der Waals surface area contributed by atoms with Gasteiger partial charge in [-0.25, -0.2) is 0 Å². The number of likely N-dealkylation sites (tertiary alicyclic amines) is 2. The van der Waals surface area contributed by atoms with Crippen molar-refractivity contribution in [2.24, 2.45) is 11.7 Å². The fraction of sp³-hybridized carbons (Fsp3) is 0.619. The quantitative estimate of drug-likeness (QED) is 0.738. The van der Waals surface area contributed by atoms with E-state index >= 15 is 0 Å². The van der Waals surface area contributed by atoms with E-state index in [0.717, 1.165) is 37.9 Å². The highest BCUT2D eigenvalue weighted by Gasteiger charge is 2.37. The molecule has 1 aromatic carbocycles. The Kier molecular flexibility index (Phi) is 6.85. The Morgan fingerprint density at radius 2 is 1.93 bits per heavy atom. The van der Waals surface area contributed by atoms with Gasteiger partial charge in [-0.2, -0.15) is 0 Å². The SMILES string of the molecule is Cc1ccc(CN2C[C@@H](C(=O)N3CCC(OCCCN)CC3)CC2=O)cc1. The van der Waals surface area contributed by atoms with E-state index < -0.39 is 0 Å². The summed E-state index contributed by atoms with van der Waals surface area (Å²) in [5.41, 5.74) is 7.80. The molecular weight excluding hydrogens is 342 g/mol. The molecule has 3 rings (SSSR count). The van der Waals surface area contributed by atoms with E-state index in [2.05, 4.69) is 12.1 Å². The highest BCUT2D eigenvalue weighted by Crippen LogP contribution is 2.24. The fourth-order valence-corrected chi connectivity index (χ4v) is 3.84. The van der Waals surface area contributed by atoms with Crippen LogP contribution in [-0.4, -0.2) is 60.5 Å². The second-order valence-electron chi connectivity index (χ2n) is 7.70. The molecule has 0 radical (unpaired) electrons. The van der Waals surface area contributed by atoms with Crippen LogP contribution >= 0.6 is 0 Å². The summed E-state index contributed by atoms with van der Waals surface area (Å²) in [6, 6.07) is 8.21. The number of hydrogen-bond donors (Lipinski definition) is 1. The molecule has 148 valence electrons. The second-order valence-corrected chi connectivity index (χ2v) is 7.70. The summed E-state index contributed by atoms with van der Waals surface area (Å²) in [6.45, 7) is 5.93. The fourth-order valence-electron chi connectivity index (χ4n) is 3.84. The summed E-state index contributed by atoms with van der Waals surface area (Å²) in [6.07, 6.45) is 3.16. The van der Waals surface area contributed by atoms with Gasteiger partial charge in [0.2, 0.25) is 11.8 Å². The minimum absolute atomic E-state index is 0.0777. The van der Waals surface area contributed by atoms with Crippen LogP contribution in [0.3, 0.4) is 0 Å². The Hall–Kier alpha value is -1.92. The van der Waals surface area contributed by atoms with Crippen LogP contribution in [0.4, 0.5) is 0 Å². The van der Waals surface area contributed by atoms with Crippen LogP contribution in [0, 0.1) is 12.8 Å². The molecule has 0 bridgehead atoms. The Bertz CT molecular complexity index is 639. The molecule has 1 aromatic rings. The Labute approximate surface area is 161 Å². The van der Waals surface area contributed by atoms with Crippen molar-refractivity contribution in [3.8, 4) is 0 Å². The number of ether oxygens (including phenoxy) is 1. The molecule has 0 aromatic heterocycles. The molecule has 6 heteroatoms. The van der Waals surface area contributed by atoms with Crippen molar-refractivity contribution in [1.82, 2.24) is 9.80 Å². The maximum atomic E-state index is 12.8. The highest BCUT2D eigenvalue weighted by molar-refractivity contribution is 5.89. The van der Waals surface area contributed by atoms with Crippen molar-refractivity contribution in [3.05, 3.63) is 35.4 Å². The molecule has 2 saturated heterocycles. The topological polar surface area (TPSA) is 75.9 Å². The highest BCUT2D eigenvalue weighted by atomic mass is 16.5. The summed E-state index contributed by atoms with van der Waals surface area (Å²) in [4.78, 5) is 28.9. The van der Waals surface area contributed by atoms with Crippen LogP contribution in [0.5, 0.6) is 0 Å². The van der Waals surface area contributed by atoms with Crippen molar-refractivity contribution in [3.63, 3.8) is 0 Å². The van der Waals surface area contributed by atoms with E-state index in [0.29, 0.717) is 32.7 Å². The Morgan fingerprint density at radius 3 is 2.59 bits per heavy atom. The first-order valence-corrected chi connectivity index (χ1v) is 10.0. The first-order valence-electron chi connectivity index (χ1n) is 10.0. The number of benzene rings is 1. The van der Waals surface area contributed by atoms with Crippen LogP contribution < -0.4 is 5.73 Å². The molecule has 2 heterocycles. The van der Waals surface area contributed by atoms with Crippen LogP contribution in [0.15, 0.2) is 24.3 Å². The zero-order chi connectivity index (χ0) is 19.2. The molecule has 2 N–H and O–H groups in total. The number of hydrogen-bond acceptors (Lipinski definition) is 4. The normalized spacial score (nSPS) is 21.1. The van der Waals surface area contributed by atoms with Crippen molar-refractivity contribution in [1.29, 1.82) is 0 Å². The molecule has 2 amide bonds. The second kappa shape index (κ2) is 9.33. The molecule has 0 saturated carbocycles. The zero-order valence-electron chi connectivity index (χ0n) is 16.2. The van der Waals surface area contributed by atoms with Gasteiger partial charge in [0, 0.05) is 39.2 Å². The van der Waals surface area contributed by atoms with Crippen molar-refractivity contribution in [2.45, 2.75) is 45.3 Å². The number of amides is 2. The molecule has 1 atom stereocenters. The minimum atomic E-state index is -0.211. The smallest absolute Gasteiger partial charge is 0.227 e. The summed E-state index contributed by atoms with van der Waals surface area (Å²) in [5.74, 6) is -0.0123. The largest absolute Gasteiger partial charge is 0.378 e. The molecular formula is C21H31N3O3. The van der Waals surface area contributed by atoms with Crippen molar-refractivity contribution < 1.29 is 14.3 Å². The van der Waals surface area contributed by atoms with Gasteiger partial charge in [-0.1, -0.05) is 29.8 Å². The standard InChI is InChI=1S/C21H31N3O3/c1-16-3-5-17(6-4-16)14-24-15-18(13-20(24)25)21(26)23-10-7-19(8-11-23)27-12-2-9-22/h3-6,18-19H,2,7-15,22H2,1H3/t18-/m0/s1. The maximum absolute atomic E-state index is 12.8. The third-order valence-electron chi connectivity index (χ3n) is 5.51. The average Bonchev–Trinajstić information content (AvgIpc) is 3.04. The molecule has 27 heavy (non-hydrogen) atoms. The summed E-state index contributed by atoms with van der Waals surface area (Å²) in [5, 5.41) is 0. The molecule has 2 aliphatic heterocycles. The monoisotopic (exact) mass is 373 g/mol. The Balaban J connectivity index is 1.47. The predicted molar refractivity (Wildman–Crippen MR) is 104 cm³/mol. The molecule has 0 unspecified atom stereocenters. The molecule has 2 aliphatic rings. The van der Waals surface area contributed by atoms with E-state index in [-0.39, 0.29) is 23.8 Å². The van der Waals surface area contributed by atoms with Crippen LogP contribution in [0.25, 0.3) is 0 Å². The summed E-state index contributed by atoms with van der Waals surface area (Å²) in [7, 11) is 0. The number of carbonyl (C=O) groups excluding carboxylic acids is 2. The average molecular weight is 373 g/mol. The van der Waals surface area contributed by atoms with Crippen molar-refractivity contribution >= 4 is 11.8 Å². The maximum Gasteiger partial charge on any atom is 0.227 e. The molecule has 0 aliphatic carbocycles. The lowest BCUT2D eigenvalue weighted by atomic mass is 10.0. The number of aryl methyl sites for hydroxylation is 1. The van der Waals surface area contributed by atoms with Gasteiger partial charge in [0.1, 0.15) is 0 Å². The van der Waals surface area contributed by atoms with Gasteiger partial charge in [-0.3, -0.25) is 9.59 Å². The van der Waals surface area contributed by atoms with Crippen LogP contribution in [-0.2, 0) is 20.9 Å². The van der Waals surface area contributed by atoms with Gasteiger partial charge < -0.3 is 20.3 Å². The number of carbonyl (C=O) groups is 2. The van der Waals surface area contributed by atoms with Crippen LogP contribution in [0.2, 0.25) is 0 Å². The lowest BCUT2D eigenvalue weighted by Crippen LogP contribution is -2.44. The number of rotatable bonds is 7. The lowest BCUT2D eigenvalue weighted by Gasteiger charge is -2.33. The first kappa shape index (κ1) is 19.8. The lowest BCUT2D eigenvalue weighted by molar-refractivity contribution is -0.138. The van der Waals surface area contributed by atoms with Crippen molar-refractivity contribution in [2.75, 3.05) is 32.8 Å². The van der Waals surface area contributed by atoms with Gasteiger partial charge in [-0.15, -0.1) is 0 Å². The van der Waals surface area contributed by atoms with Gasteiger partial charge >= 0.3 is 0 Å². The zero-order valence-corrected chi connectivity index (χ0v) is 16.2. The molecule has 2 fully saturated rings. The van der Waals surface area contributed by atoms with Gasteiger partial charge in [0.25, 0.3) is 0 Å². The van der Waals surface area contributed by atoms with Crippen LogP contribution in [0.1, 0.15) is 36.8 Å². The van der Waals surface area contributed by atoms with Gasteiger partial charge in [0.05, 0.1) is 12.0 Å². The van der Waals surface area contributed by atoms with E-state index in [1.807, 2.05) is 28.9 Å². The van der Waals surface area contributed by atoms with E-state index in [1.165, 1.54) is 5.56 Å². The predicted octanol–water partition coefficient (Wildman–Crippen LogP) is 1.70. The third-order valence-corrected chi connectivity index (χ3v) is 5.51.